The SMILES string of the molecule is COC(N)c1ccc2c(c1)CCC2. The summed E-state index contributed by atoms with van der Waals surface area (Å²) in [6, 6.07) is 6.42. The number of ether oxygens (including phenoxy) is 1. The monoisotopic (exact) mass is 177 g/mol. The maximum Gasteiger partial charge on any atom is 0.131 e. The van der Waals surface area contributed by atoms with E-state index in [2.05, 4.69) is 18.2 Å². The minimum absolute atomic E-state index is 0.272. The van der Waals surface area contributed by atoms with Gasteiger partial charge in [-0.2, -0.15) is 0 Å². The molecule has 1 unspecified atom stereocenters. The molecule has 13 heavy (non-hydrogen) atoms. The Morgan fingerprint density at radius 3 is 2.85 bits per heavy atom. The molecule has 2 nitrogen and oxygen atoms in total. The molecule has 0 amide bonds. The zero-order valence-corrected chi connectivity index (χ0v) is 7.92. The zero-order valence-electron chi connectivity index (χ0n) is 7.92. The predicted octanol–water partition coefficient (Wildman–Crippen LogP) is 1.78. The number of rotatable bonds is 2. The first-order valence-electron chi connectivity index (χ1n) is 4.71. The molecular weight excluding hydrogens is 162 g/mol. The van der Waals surface area contributed by atoms with Gasteiger partial charge in [0.1, 0.15) is 6.23 Å². The highest BCUT2D eigenvalue weighted by atomic mass is 16.5. The van der Waals surface area contributed by atoms with Gasteiger partial charge in [-0.05, 0) is 36.0 Å². The summed E-state index contributed by atoms with van der Waals surface area (Å²) in [7, 11) is 1.64. The van der Waals surface area contributed by atoms with E-state index < -0.39 is 0 Å². The summed E-state index contributed by atoms with van der Waals surface area (Å²) in [6.45, 7) is 0. The Morgan fingerprint density at radius 2 is 2.08 bits per heavy atom. The Kier molecular flexibility index (Phi) is 2.34. The highest BCUT2D eigenvalue weighted by molar-refractivity contribution is 5.35. The van der Waals surface area contributed by atoms with E-state index in [1.54, 1.807) is 7.11 Å². The first kappa shape index (κ1) is 8.73. The first-order chi connectivity index (χ1) is 6.31. The lowest BCUT2D eigenvalue weighted by Gasteiger charge is -2.11. The molecule has 1 aromatic rings. The van der Waals surface area contributed by atoms with Crippen molar-refractivity contribution in [3.8, 4) is 0 Å². The molecule has 0 bridgehead atoms. The van der Waals surface area contributed by atoms with Crippen LogP contribution in [0.2, 0.25) is 0 Å². The molecule has 70 valence electrons. The standard InChI is InChI=1S/C11H15NO/c1-13-11(12)10-6-5-8-3-2-4-9(8)7-10/h5-7,11H,2-4,12H2,1H3. The van der Waals surface area contributed by atoms with Crippen molar-refractivity contribution in [3.05, 3.63) is 34.9 Å². The average molecular weight is 177 g/mol. The average Bonchev–Trinajstić information content (AvgIpc) is 2.63. The highest BCUT2D eigenvalue weighted by Gasteiger charge is 2.12. The number of fused-ring (bicyclic) bond motifs is 1. The lowest BCUT2D eigenvalue weighted by Crippen LogP contribution is -2.12. The molecule has 1 atom stereocenters. The van der Waals surface area contributed by atoms with Crippen molar-refractivity contribution in [1.82, 2.24) is 0 Å². The van der Waals surface area contributed by atoms with Crippen molar-refractivity contribution in [3.63, 3.8) is 0 Å². The number of hydrogen-bond acceptors (Lipinski definition) is 2. The second-order valence-corrected chi connectivity index (χ2v) is 3.54. The van der Waals surface area contributed by atoms with E-state index in [0.29, 0.717) is 0 Å². The van der Waals surface area contributed by atoms with Gasteiger partial charge in [-0.25, -0.2) is 0 Å². The Bertz CT molecular complexity index is 309. The van der Waals surface area contributed by atoms with Crippen molar-refractivity contribution < 1.29 is 4.74 Å². The minimum Gasteiger partial charge on any atom is -0.363 e. The summed E-state index contributed by atoms with van der Waals surface area (Å²) in [5.41, 5.74) is 9.78. The molecule has 0 radical (unpaired) electrons. The second kappa shape index (κ2) is 3.48. The van der Waals surface area contributed by atoms with Crippen LogP contribution in [0.1, 0.15) is 29.3 Å². The maximum absolute atomic E-state index is 5.77. The van der Waals surface area contributed by atoms with E-state index in [9.17, 15) is 0 Å². The van der Waals surface area contributed by atoms with E-state index in [1.807, 2.05) is 0 Å². The van der Waals surface area contributed by atoms with Gasteiger partial charge in [-0.3, -0.25) is 0 Å². The van der Waals surface area contributed by atoms with Gasteiger partial charge in [-0.15, -0.1) is 0 Å². The molecule has 2 heteroatoms. The van der Waals surface area contributed by atoms with Crippen LogP contribution < -0.4 is 5.73 Å². The summed E-state index contributed by atoms with van der Waals surface area (Å²) in [6.07, 6.45) is 3.42. The van der Waals surface area contributed by atoms with Gasteiger partial charge < -0.3 is 10.5 Å². The third-order valence-electron chi connectivity index (χ3n) is 2.71. The van der Waals surface area contributed by atoms with Gasteiger partial charge in [0.05, 0.1) is 0 Å². The smallest absolute Gasteiger partial charge is 0.131 e. The van der Waals surface area contributed by atoms with Crippen LogP contribution in [0.25, 0.3) is 0 Å². The first-order valence-corrected chi connectivity index (χ1v) is 4.71. The molecule has 2 N–H and O–H groups in total. The maximum atomic E-state index is 5.77. The molecule has 1 aliphatic carbocycles. The molecule has 1 aliphatic rings. The van der Waals surface area contributed by atoms with Crippen LogP contribution in [0.3, 0.4) is 0 Å². The molecule has 0 saturated heterocycles. The van der Waals surface area contributed by atoms with Crippen molar-refractivity contribution >= 4 is 0 Å². The van der Waals surface area contributed by atoms with E-state index in [1.165, 1.54) is 30.4 Å². The molecule has 0 aromatic heterocycles. The fourth-order valence-corrected chi connectivity index (χ4v) is 1.90. The third kappa shape index (κ3) is 1.60. The van der Waals surface area contributed by atoms with Crippen LogP contribution in [0.4, 0.5) is 0 Å². The molecule has 0 fully saturated rings. The summed E-state index contributed by atoms with van der Waals surface area (Å²) in [5.74, 6) is 0. The van der Waals surface area contributed by atoms with Crippen LogP contribution in [0, 0.1) is 0 Å². The van der Waals surface area contributed by atoms with Crippen LogP contribution >= 0.6 is 0 Å². The van der Waals surface area contributed by atoms with Crippen molar-refractivity contribution in [2.24, 2.45) is 5.73 Å². The van der Waals surface area contributed by atoms with Crippen LogP contribution in [0.15, 0.2) is 18.2 Å². The Labute approximate surface area is 78.7 Å². The normalized spacial score (nSPS) is 17.1. The van der Waals surface area contributed by atoms with Gasteiger partial charge >= 0.3 is 0 Å². The van der Waals surface area contributed by atoms with Crippen LogP contribution in [-0.4, -0.2) is 7.11 Å². The molecule has 0 heterocycles. The highest BCUT2D eigenvalue weighted by Crippen LogP contribution is 2.24. The molecule has 0 aliphatic heterocycles. The van der Waals surface area contributed by atoms with Gasteiger partial charge in [0.2, 0.25) is 0 Å². The number of aryl methyl sites for hydroxylation is 2. The number of benzene rings is 1. The quantitative estimate of drug-likeness (QED) is 0.699. The van der Waals surface area contributed by atoms with Gasteiger partial charge in [0, 0.05) is 7.11 Å². The Hall–Kier alpha value is -0.860. The molecular formula is C11H15NO. The Balaban J connectivity index is 2.30. The summed E-state index contributed by atoms with van der Waals surface area (Å²) in [5, 5.41) is 0. The van der Waals surface area contributed by atoms with E-state index in [0.717, 1.165) is 5.56 Å². The number of hydrogen-bond donors (Lipinski definition) is 1. The zero-order chi connectivity index (χ0) is 9.26. The molecule has 0 spiro atoms. The lowest BCUT2D eigenvalue weighted by molar-refractivity contribution is 0.109. The van der Waals surface area contributed by atoms with E-state index >= 15 is 0 Å². The fourth-order valence-electron chi connectivity index (χ4n) is 1.90. The topological polar surface area (TPSA) is 35.2 Å². The fraction of sp³-hybridized carbons (Fsp3) is 0.455. The van der Waals surface area contributed by atoms with Crippen molar-refractivity contribution in [2.45, 2.75) is 25.5 Å². The second-order valence-electron chi connectivity index (χ2n) is 3.54. The van der Waals surface area contributed by atoms with Crippen molar-refractivity contribution in [2.75, 3.05) is 7.11 Å². The summed E-state index contributed by atoms with van der Waals surface area (Å²) in [4.78, 5) is 0. The van der Waals surface area contributed by atoms with Crippen LogP contribution in [0.5, 0.6) is 0 Å². The molecule has 2 rings (SSSR count). The third-order valence-corrected chi connectivity index (χ3v) is 2.71. The minimum atomic E-state index is -0.272. The number of nitrogens with two attached hydrogens (primary N) is 1. The summed E-state index contributed by atoms with van der Waals surface area (Å²) < 4.78 is 5.07. The largest absolute Gasteiger partial charge is 0.363 e. The van der Waals surface area contributed by atoms with Crippen molar-refractivity contribution in [1.29, 1.82) is 0 Å². The van der Waals surface area contributed by atoms with E-state index in [4.69, 9.17) is 10.5 Å². The summed E-state index contributed by atoms with van der Waals surface area (Å²) >= 11 is 0. The van der Waals surface area contributed by atoms with Crippen LogP contribution in [-0.2, 0) is 17.6 Å². The predicted molar refractivity (Wildman–Crippen MR) is 52.4 cm³/mol. The molecule has 1 aromatic carbocycles. The van der Waals surface area contributed by atoms with Gasteiger partial charge in [-0.1, -0.05) is 18.2 Å². The number of methoxy groups -OCH3 is 1. The van der Waals surface area contributed by atoms with E-state index in [-0.39, 0.29) is 6.23 Å². The molecule has 0 saturated carbocycles. The Morgan fingerprint density at radius 1 is 1.31 bits per heavy atom. The van der Waals surface area contributed by atoms with Gasteiger partial charge in [0.25, 0.3) is 0 Å². The lowest BCUT2D eigenvalue weighted by atomic mass is 10.1. The van der Waals surface area contributed by atoms with Gasteiger partial charge in [0.15, 0.2) is 0 Å².